The van der Waals surface area contributed by atoms with Gasteiger partial charge in [-0.3, -0.25) is 4.79 Å². The topological polar surface area (TPSA) is 29.1 Å². The van der Waals surface area contributed by atoms with Crippen LogP contribution in [0.5, 0.6) is 0 Å². The Morgan fingerprint density at radius 2 is 2.00 bits per heavy atom. The molecule has 0 bridgehead atoms. The van der Waals surface area contributed by atoms with Gasteiger partial charge < -0.3 is 5.32 Å². The van der Waals surface area contributed by atoms with Crippen LogP contribution in [0.15, 0.2) is 61.2 Å². The Kier molecular flexibility index (Phi) is 5.42. The van der Waals surface area contributed by atoms with Crippen molar-refractivity contribution in [2.45, 2.75) is 0 Å². The standard InChI is InChI=1S/C14H15NO/c1-2-12-15-14(16)11-7-6-10-13-8-4-3-5-9-13/h2-11H,1,12H2,(H,15,16)/b10-6+,11-7+. The summed E-state index contributed by atoms with van der Waals surface area (Å²) >= 11 is 0. The molecule has 0 spiro atoms. The third kappa shape index (κ3) is 4.96. The van der Waals surface area contributed by atoms with E-state index in [-0.39, 0.29) is 5.91 Å². The molecular weight excluding hydrogens is 198 g/mol. The molecular formula is C14H15NO. The first-order chi connectivity index (χ1) is 7.83. The van der Waals surface area contributed by atoms with Crippen molar-refractivity contribution in [2.24, 2.45) is 0 Å². The fourth-order valence-corrected chi connectivity index (χ4v) is 1.11. The molecule has 0 unspecified atom stereocenters. The van der Waals surface area contributed by atoms with Crippen LogP contribution in [0.1, 0.15) is 5.56 Å². The first-order valence-electron chi connectivity index (χ1n) is 5.11. The Morgan fingerprint density at radius 3 is 2.69 bits per heavy atom. The number of carbonyl (C=O) groups excluding carboxylic acids is 1. The molecule has 82 valence electrons. The van der Waals surface area contributed by atoms with Gasteiger partial charge in [0, 0.05) is 12.6 Å². The average Bonchev–Trinajstić information content (AvgIpc) is 2.33. The summed E-state index contributed by atoms with van der Waals surface area (Å²) in [4.78, 5) is 11.1. The van der Waals surface area contributed by atoms with E-state index in [1.807, 2.05) is 42.5 Å². The lowest BCUT2D eigenvalue weighted by atomic mass is 10.2. The van der Waals surface area contributed by atoms with Crippen LogP contribution in [0.2, 0.25) is 0 Å². The summed E-state index contributed by atoms with van der Waals surface area (Å²) in [5, 5.41) is 2.65. The Morgan fingerprint density at radius 1 is 1.25 bits per heavy atom. The quantitative estimate of drug-likeness (QED) is 0.454. The van der Waals surface area contributed by atoms with Crippen molar-refractivity contribution in [3.63, 3.8) is 0 Å². The van der Waals surface area contributed by atoms with Crippen molar-refractivity contribution >= 4 is 12.0 Å². The number of benzene rings is 1. The van der Waals surface area contributed by atoms with Gasteiger partial charge in [-0.1, -0.05) is 54.6 Å². The van der Waals surface area contributed by atoms with E-state index in [0.29, 0.717) is 6.54 Å². The zero-order valence-electron chi connectivity index (χ0n) is 9.10. The van der Waals surface area contributed by atoms with Crippen LogP contribution in [-0.4, -0.2) is 12.5 Å². The van der Waals surface area contributed by atoms with Gasteiger partial charge in [-0.25, -0.2) is 0 Å². The summed E-state index contributed by atoms with van der Waals surface area (Å²) in [6.07, 6.45) is 8.63. The molecule has 0 fully saturated rings. The van der Waals surface area contributed by atoms with Gasteiger partial charge in [0.1, 0.15) is 0 Å². The normalized spacial score (nSPS) is 10.8. The maximum atomic E-state index is 11.1. The number of allylic oxidation sites excluding steroid dienone is 2. The summed E-state index contributed by atoms with van der Waals surface area (Å²) in [6.45, 7) is 4.01. The van der Waals surface area contributed by atoms with E-state index in [9.17, 15) is 4.79 Å². The monoisotopic (exact) mass is 213 g/mol. The van der Waals surface area contributed by atoms with E-state index >= 15 is 0 Å². The Hall–Kier alpha value is -2.09. The molecule has 2 nitrogen and oxygen atoms in total. The maximum absolute atomic E-state index is 11.1. The van der Waals surface area contributed by atoms with Gasteiger partial charge in [-0.05, 0) is 5.56 Å². The molecule has 0 radical (unpaired) electrons. The van der Waals surface area contributed by atoms with Crippen molar-refractivity contribution in [3.05, 3.63) is 66.8 Å². The second-order valence-electron chi connectivity index (χ2n) is 3.16. The minimum Gasteiger partial charge on any atom is -0.349 e. The lowest BCUT2D eigenvalue weighted by Crippen LogP contribution is -2.20. The molecule has 0 aliphatic rings. The molecule has 0 heterocycles. The highest BCUT2D eigenvalue weighted by atomic mass is 16.1. The van der Waals surface area contributed by atoms with Crippen molar-refractivity contribution in [2.75, 3.05) is 6.54 Å². The lowest BCUT2D eigenvalue weighted by Gasteiger charge is -1.93. The summed E-state index contributed by atoms with van der Waals surface area (Å²) in [6, 6.07) is 9.92. The van der Waals surface area contributed by atoms with Crippen LogP contribution in [0, 0.1) is 0 Å². The molecule has 16 heavy (non-hydrogen) atoms. The number of nitrogens with one attached hydrogen (secondary N) is 1. The Bertz CT molecular complexity index is 390. The van der Waals surface area contributed by atoms with Crippen LogP contribution in [0.4, 0.5) is 0 Å². The van der Waals surface area contributed by atoms with E-state index in [1.165, 1.54) is 6.08 Å². The van der Waals surface area contributed by atoms with Crippen LogP contribution in [0.25, 0.3) is 6.08 Å². The first kappa shape index (κ1) is 12.0. The summed E-state index contributed by atoms with van der Waals surface area (Å²) < 4.78 is 0. The third-order valence-electron chi connectivity index (χ3n) is 1.87. The number of rotatable bonds is 5. The minimum atomic E-state index is -0.113. The zero-order chi connectivity index (χ0) is 11.6. The van der Waals surface area contributed by atoms with Crippen molar-refractivity contribution < 1.29 is 4.79 Å². The Labute approximate surface area is 96.0 Å². The van der Waals surface area contributed by atoms with Crippen molar-refractivity contribution in [1.82, 2.24) is 5.32 Å². The molecule has 0 saturated carbocycles. The number of amides is 1. The largest absolute Gasteiger partial charge is 0.349 e. The Balaban J connectivity index is 2.39. The van der Waals surface area contributed by atoms with E-state index in [1.54, 1.807) is 12.2 Å². The van der Waals surface area contributed by atoms with Gasteiger partial charge in [0.05, 0.1) is 0 Å². The molecule has 0 saturated heterocycles. The molecule has 1 N–H and O–H groups in total. The van der Waals surface area contributed by atoms with Crippen LogP contribution >= 0.6 is 0 Å². The van der Waals surface area contributed by atoms with Gasteiger partial charge in [-0.2, -0.15) is 0 Å². The van der Waals surface area contributed by atoms with Crippen LogP contribution < -0.4 is 5.32 Å². The van der Waals surface area contributed by atoms with Gasteiger partial charge in [0.15, 0.2) is 0 Å². The van der Waals surface area contributed by atoms with Crippen LogP contribution in [-0.2, 0) is 4.79 Å². The summed E-state index contributed by atoms with van der Waals surface area (Å²) in [5.41, 5.74) is 1.11. The van der Waals surface area contributed by atoms with Gasteiger partial charge in [0.2, 0.25) is 5.91 Å². The fraction of sp³-hybridized carbons (Fsp3) is 0.0714. The molecule has 2 heteroatoms. The highest BCUT2D eigenvalue weighted by Crippen LogP contribution is 2.00. The van der Waals surface area contributed by atoms with Crippen LogP contribution in [0.3, 0.4) is 0 Å². The van der Waals surface area contributed by atoms with Crippen molar-refractivity contribution in [3.8, 4) is 0 Å². The average molecular weight is 213 g/mol. The highest BCUT2D eigenvalue weighted by molar-refractivity contribution is 5.87. The molecule has 0 aliphatic heterocycles. The minimum absolute atomic E-state index is 0.113. The second kappa shape index (κ2) is 7.23. The van der Waals surface area contributed by atoms with Gasteiger partial charge in [-0.15, -0.1) is 6.58 Å². The fourth-order valence-electron chi connectivity index (χ4n) is 1.11. The van der Waals surface area contributed by atoms with Crippen molar-refractivity contribution in [1.29, 1.82) is 0 Å². The predicted octanol–water partition coefficient (Wildman–Crippen LogP) is 2.56. The zero-order valence-corrected chi connectivity index (χ0v) is 9.10. The SMILES string of the molecule is C=CCNC(=O)/C=C/C=C/c1ccccc1. The molecule has 0 atom stereocenters. The van der Waals surface area contributed by atoms with Gasteiger partial charge >= 0.3 is 0 Å². The smallest absolute Gasteiger partial charge is 0.244 e. The molecule has 1 rings (SSSR count). The molecule has 1 amide bonds. The van der Waals surface area contributed by atoms with E-state index in [0.717, 1.165) is 5.56 Å². The second-order valence-corrected chi connectivity index (χ2v) is 3.16. The lowest BCUT2D eigenvalue weighted by molar-refractivity contribution is -0.116. The molecule has 1 aromatic carbocycles. The first-order valence-corrected chi connectivity index (χ1v) is 5.11. The predicted molar refractivity (Wildman–Crippen MR) is 67.8 cm³/mol. The summed E-state index contributed by atoms with van der Waals surface area (Å²) in [5.74, 6) is -0.113. The van der Waals surface area contributed by atoms with E-state index in [2.05, 4.69) is 11.9 Å². The molecule has 0 aromatic heterocycles. The molecule has 0 aliphatic carbocycles. The van der Waals surface area contributed by atoms with E-state index < -0.39 is 0 Å². The maximum Gasteiger partial charge on any atom is 0.244 e. The number of carbonyl (C=O) groups is 1. The number of hydrogen-bond acceptors (Lipinski definition) is 1. The highest BCUT2D eigenvalue weighted by Gasteiger charge is 1.88. The third-order valence-corrected chi connectivity index (χ3v) is 1.87. The molecule has 1 aromatic rings. The van der Waals surface area contributed by atoms with Gasteiger partial charge in [0.25, 0.3) is 0 Å². The van der Waals surface area contributed by atoms with E-state index in [4.69, 9.17) is 0 Å². The summed E-state index contributed by atoms with van der Waals surface area (Å²) in [7, 11) is 0. The number of hydrogen-bond donors (Lipinski definition) is 1.